The van der Waals surface area contributed by atoms with Crippen LogP contribution in [0.15, 0.2) is 16.7 Å². The number of alkyl halides is 1. The minimum absolute atomic E-state index is 0.0120. The highest BCUT2D eigenvalue weighted by Gasteiger charge is 2.30. The van der Waals surface area contributed by atoms with E-state index in [1.54, 1.807) is 17.2 Å². The van der Waals surface area contributed by atoms with E-state index in [1.165, 1.54) is 0 Å². The summed E-state index contributed by atoms with van der Waals surface area (Å²) < 4.78 is 0.742. The molecule has 2 heterocycles. The van der Waals surface area contributed by atoms with Crippen LogP contribution in [0.1, 0.15) is 6.42 Å². The monoisotopic (exact) mass is 308 g/mol. The fraction of sp³-hybridized carbons (Fsp3) is 0.333. The molecule has 1 aromatic rings. The van der Waals surface area contributed by atoms with E-state index in [0.29, 0.717) is 18.1 Å². The highest BCUT2D eigenvalue weighted by Crippen LogP contribution is 2.31. The van der Waals surface area contributed by atoms with Crippen LogP contribution >= 0.6 is 39.1 Å². The number of aromatic nitrogens is 1. The van der Waals surface area contributed by atoms with Gasteiger partial charge in [-0.2, -0.15) is 0 Å². The van der Waals surface area contributed by atoms with Crippen molar-refractivity contribution in [1.29, 1.82) is 0 Å². The Morgan fingerprint density at radius 3 is 2.93 bits per heavy atom. The number of pyridine rings is 1. The van der Waals surface area contributed by atoms with Gasteiger partial charge in [0.05, 0.1) is 15.5 Å². The van der Waals surface area contributed by atoms with Crippen LogP contribution in [0.5, 0.6) is 0 Å². The Hall–Kier alpha value is -0.320. The first-order valence-electron chi connectivity index (χ1n) is 4.33. The second-order valence-electron chi connectivity index (χ2n) is 3.26. The highest BCUT2D eigenvalue weighted by atomic mass is 79.9. The summed E-state index contributed by atoms with van der Waals surface area (Å²) in [6.07, 6.45) is 1.94. The van der Waals surface area contributed by atoms with Crippen molar-refractivity contribution in [3.63, 3.8) is 0 Å². The molecule has 0 spiro atoms. The van der Waals surface area contributed by atoms with Gasteiger partial charge in [0, 0.05) is 25.2 Å². The Morgan fingerprint density at radius 2 is 2.33 bits per heavy atom. The van der Waals surface area contributed by atoms with E-state index in [2.05, 4.69) is 20.9 Å². The Kier molecular flexibility index (Phi) is 3.19. The number of carbonyl (C=O) groups is 1. The van der Waals surface area contributed by atoms with Crippen molar-refractivity contribution in [3.05, 3.63) is 21.9 Å². The second kappa shape index (κ2) is 4.28. The van der Waals surface area contributed by atoms with Crippen molar-refractivity contribution in [2.24, 2.45) is 0 Å². The van der Waals surface area contributed by atoms with E-state index in [1.807, 2.05) is 0 Å². The van der Waals surface area contributed by atoms with Gasteiger partial charge in [-0.3, -0.25) is 4.79 Å². The van der Waals surface area contributed by atoms with Crippen LogP contribution in [0.4, 0.5) is 5.69 Å². The zero-order valence-corrected chi connectivity index (χ0v) is 10.7. The molecular formula is C9H7BrCl2N2O. The van der Waals surface area contributed by atoms with Gasteiger partial charge in [-0.1, -0.05) is 11.6 Å². The first-order chi connectivity index (χ1) is 7.08. The van der Waals surface area contributed by atoms with Crippen LogP contribution in [0, 0.1) is 0 Å². The first kappa shape index (κ1) is 11.2. The van der Waals surface area contributed by atoms with Crippen LogP contribution in [-0.2, 0) is 4.79 Å². The van der Waals surface area contributed by atoms with Gasteiger partial charge < -0.3 is 4.90 Å². The molecule has 0 aromatic carbocycles. The first-order valence-corrected chi connectivity index (χ1v) is 5.94. The largest absolute Gasteiger partial charge is 0.310 e. The molecule has 0 N–H and O–H groups in total. The molecule has 6 heteroatoms. The lowest BCUT2D eigenvalue weighted by atomic mass is 10.3. The summed E-state index contributed by atoms with van der Waals surface area (Å²) in [5.74, 6) is 0.0120. The zero-order chi connectivity index (χ0) is 11.0. The van der Waals surface area contributed by atoms with E-state index in [0.717, 1.165) is 10.2 Å². The second-order valence-corrected chi connectivity index (χ2v) is 5.12. The number of anilines is 1. The van der Waals surface area contributed by atoms with Crippen LogP contribution in [0.3, 0.4) is 0 Å². The average molecular weight is 310 g/mol. The predicted molar refractivity (Wildman–Crippen MR) is 63.6 cm³/mol. The molecular weight excluding hydrogens is 303 g/mol. The Bertz CT molecular complexity index is 413. The van der Waals surface area contributed by atoms with Crippen molar-refractivity contribution in [3.8, 4) is 0 Å². The maximum absolute atomic E-state index is 11.6. The van der Waals surface area contributed by atoms with Gasteiger partial charge in [-0.15, -0.1) is 11.6 Å². The number of amides is 1. The summed E-state index contributed by atoms with van der Waals surface area (Å²) in [5.41, 5.74) is 0.725. The lowest BCUT2D eigenvalue weighted by molar-refractivity contribution is -0.117. The molecule has 0 radical (unpaired) electrons. The molecule has 1 aliphatic rings. The third kappa shape index (κ3) is 2.27. The molecule has 3 nitrogen and oxygen atoms in total. The van der Waals surface area contributed by atoms with Crippen molar-refractivity contribution in [2.75, 3.05) is 11.4 Å². The maximum atomic E-state index is 11.6. The Morgan fingerprint density at radius 1 is 1.60 bits per heavy atom. The molecule has 1 amide bonds. The van der Waals surface area contributed by atoms with Crippen molar-refractivity contribution < 1.29 is 4.79 Å². The minimum Gasteiger partial charge on any atom is -0.310 e. The quantitative estimate of drug-likeness (QED) is 0.590. The Balaban J connectivity index is 2.37. The molecule has 0 saturated carbocycles. The standard InChI is InChI=1S/C9H7BrCl2N2O/c10-6-3-13-8(12)2-7(6)14-4-5(11)1-9(14)15/h2-3,5H,1,4H2. The summed E-state index contributed by atoms with van der Waals surface area (Å²) in [4.78, 5) is 17.1. The minimum atomic E-state index is -0.128. The third-order valence-corrected chi connectivity index (χ3v) is 3.28. The Labute approximate surface area is 106 Å². The van der Waals surface area contributed by atoms with Gasteiger partial charge >= 0.3 is 0 Å². The average Bonchev–Trinajstić information content (AvgIpc) is 2.50. The molecule has 1 aliphatic heterocycles. The topological polar surface area (TPSA) is 33.2 Å². The van der Waals surface area contributed by atoms with Crippen LogP contribution in [-0.4, -0.2) is 22.8 Å². The molecule has 0 bridgehead atoms. The van der Waals surface area contributed by atoms with Gasteiger partial charge in [-0.25, -0.2) is 4.98 Å². The van der Waals surface area contributed by atoms with Crippen LogP contribution in [0.25, 0.3) is 0 Å². The molecule has 1 saturated heterocycles. The normalized spacial score (nSPS) is 21.1. The van der Waals surface area contributed by atoms with Crippen molar-refractivity contribution in [2.45, 2.75) is 11.8 Å². The lowest BCUT2D eigenvalue weighted by Crippen LogP contribution is -2.25. The number of hydrogen-bond donors (Lipinski definition) is 0. The number of halogens is 3. The van der Waals surface area contributed by atoms with Gasteiger partial charge in [-0.05, 0) is 15.9 Å². The fourth-order valence-electron chi connectivity index (χ4n) is 1.51. The van der Waals surface area contributed by atoms with Gasteiger partial charge in [0.25, 0.3) is 0 Å². The van der Waals surface area contributed by atoms with E-state index in [4.69, 9.17) is 23.2 Å². The van der Waals surface area contributed by atoms with Gasteiger partial charge in [0.15, 0.2) is 0 Å². The molecule has 1 aromatic heterocycles. The number of nitrogens with zero attached hydrogens (tertiary/aromatic N) is 2. The van der Waals surface area contributed by atoms with Gasteiger partial charge in [0.2, 0.25) is 5.91 Å². The SMILES string of the molecule is O=C1CC(Cl)CN1c1cc(Cl)ncc1Br. The maximum Gasteiger partial charge on any atom is 0.228 e. The van der Waals surface area contributed by atoms with Crippen LogP contribution in [0.2, 0.25) is 5.15 Å². The zero-order valence-electron chi connectivity index (χ0n) is 7.58. The van der Waals surface area contributed by atoms with E-state index in [9.17, 15) is 4.79 Å². The number of rotatable bonds is 1. The summed E-state index contributed by atoms with van der Waals surface area (Å²) >= 11 is 15.0. The summed E-state index contributed by atoms with van der Waals surface area (Å²) in [7, 11) is 0. The molecule has 1 atom stereocenters. The number of carbonyl (C=O) groups excluding carboxylic acids is 1. The summed E-state index contributed by atoms with van der Waals surface area (Å²) in [6.45, 7) is 0.513. The van der Waals surface area contributed by atoms with Gasteiger partial charge in [0.1, 0.15) is 5.15 Å². The summed E-state index contributed by atoms with van der Waals surface area (Å²) in [6, 6.07) is 1.65. The fourth-order valence-corrected chi connectivity index (χ4v) is 2.36. The molecule has 1 unspecified atom stereocenters. The van der Waals surface area contributed by atoms with E-state index < -0.39 is 0 Å². The third-order valence-electron chi connectivity index (χ3n) is 2.17. The molecule has 15 heavy (non-hydrogen) atoms. The summed E-state index contributed by atoms with van der Waals surface area (Å²) in [5, 5.41) is 0.232. The lowest BCUT2D eigenvalue weighted by Gasteiger charge is -2.17. The highest BCUT2D eigenvalue weighted by molar-refractivity contribution is 9.10. The van der Waals surface area contributed by atoms with Crippen LogP contribution < -0.4 is 4.90 Å². The number of hydrogen-bond acceptors (Lipinski definition) is 2. The smallest absolute Gasteiger partial charge is 0.228 e. The van der Waals surface area contributed by atoms with E-state index in [-0.39, 0.29) is 11.3 Å². The predicted octanol–water partition coefficient (Wildman–Crippen LogP) is 2.84. The van der Waals surface area contributed by atoms with E-state index >= 15 is 0 Å². The van der Waals surface area contributed by atoms with Crippen molar-refractivity contribution >= 4 is 50.7 Å². The molecule has 1 fully saturated rings. The molecule has 0 aliphatic carbocycles. The van der Waals surface area contributed by atoms with Crippen molar-refractivity contribution in [1.82, 2.24) is 4.98 Å². The molecule has 2 rings (SSSR count). The molecule has 80 valence electrons.